The molecule has 0 unspecified atom stereocenters. The summed E-state index contributed by atoms with van der Waals surface area (Å²) in [6, 6.07) is 14.3. The molecule has 1 saturated heterocycles. The SMILES string of the molecule is Br.O=c1[nH]oc(C2CCNCC2)c1-c1ccc2ccccc2c1. The summed E-state index contributed by atoms with van der Waals surface area (Å²) in [4.78, 5) is 12.3. The molecule has 3 aromatic rings. The highest BCUT2D eigenvalue weighted by Gasteiger charge is 2.25. The zero-order valence-corrected chi connectivity index (χ0v) is 14.4. The Morgan fingerprint density at radius 1 is 1.00 bits per heavy atom. The van der Waals surface area contributed by atoms with E-state index in [0.29, 0.717) is 11.5 Å². The van der Waals surface area contributed by atoms with Crippen molar-refractivity contribution in [3.05, 3.63) is 58.6 Å². The number of piperidine rings is 1. The van der Waals surface area contributed by atoms with Crippen LogP contribution in [0.3, 0.4) is 0 Å². The molecule has 1 fully saturated rings. The molecule has 5 heteroatoms. The molecule has 0 atom stereocenters. The number of fused-ring (bicyclic) bond motifs is 1. The van der Waals surface area contributed by atoms with E-state index in [0.717, 1.165) is 42.6 Å². The lowest BCUT2D eigenvalue weighted by molar-refractivity contribution is 0.326. The average Bonchev–Trinajstić information content (AvgIpc) is 2.97. The minimum absolute atomic E-state index is 0. The van der Waals surface area contributed by atoms with Gasteiger partial charge in [0, 0.05) is 5.92 Å². The topological polar surface area (TPSA) is 58.0 Å². The average molecular weight is 375 g/mol. The Bertz CT molecular complexity index is 863. The molecule has 0 aliphatic carbocycles. The molecule has 1 aliphatic rings. The molecule has 4 rings (SSSR count). The lowest BCUT2D eigenvalue weighted by atomic mass is 9.90. The van der Waals surface area contributed by atoms with Crippen LogP contribution in [0.5, 0.6) is 0 Å². The monoisotopic (exact) mass is 374 g/mol. The summed E-state index contributed by atoms with van der Waals surface area (Å²) >= 11 is 0. The van der Waals surface area contributed by atoms with Gasteiger partial charge in [-0.15, -0.1) is 17.0 Å². The molecule has 2 heterocycles. The molecule has 4 nitrogen and oxygen atoms in total. The van der Waals surface area contributed by atoms with Crippen molar-refractivity contribution in [2.75, 3.05) is 13.1 Å². The van der Waals surface area contributed by atoms with Crippen LogP contribution in [0.4, 0.5) is 0 Å². The highest BCUT2D eigenvalue weighted by molar-refractivity contribution is 8.93. The van der Waals surface area contributed by atoms with Gasteiger partial charge in [0.05, 0.1) is 5.56 Å². The third-order valence-corrected chi connectivity index (χ3v) is 4.48. The Kier molecular flexibility index (Phi) is 4.68. The van der Waals surface area contributed by atoms with Gasteiger partial charge in [0.25, 0.3) is 5.56 Å². The van der Waals surface area contributed by atoms with Crippen molar-refractivity contribution in [3.63, 3.8) is 0 Å². The molecule has 0 saturated carbocycles. The van der Waals surface area contributed by atoms with Crippen molar-refractivity contribution >= 4 is 27.8 Å². The summed E-state index contributed by atoms with van der Waals surface area (Å²) in [5, 5.41) is 8.19. The van der Waals surface area contributed by atoms with Crippen molar-refractivity contribution in [1.82, 2.24) is 10.5 Å². The van der Waals surface area contributed by atoms with Crippen LogP contribution in [0, 0.1) is 0 Å². The lowest BCUT2D eigenvalue weighted by Gasteiger charge is -2.21. The minimum Gasteiger partial charge on any atom is -0.383 e. The first kappa shape index (κ1) is 16.0. The van der Waals surface area contributed by atoms with Gasteiger partial charge >= 0.3 is 0 Å². The van der Waals surface area contributed by atoms with Gasteiger partial charge in [-0.25, -0.2) is 0 Å². The highest BCUT2D eigenvalue weighted by atomic mass is 79.9. The summed E-state index contributed by atoms with van der Waals surface area (Å²) in [5.74, 6) is 1.11. The minimum atomic E-state index is -0.135. The van der Waals surface area contributed by atoms with E-state index in [4.69, 9.17) is 4.52 Å². The van der Waals surface area contributed by atoms with E-state index in [2.05, 4.69) is 34.7 Å². The molecular weight excluding hydrogens is 356 g/mol. The number of H-pyrrole nitrogens is 1. The second kappa shape index (κ2) is 6.72. The number of halogens is 1. The number of hydrogen-bond acceptors (Lipinski definition) is 3. The van der Waals surface area contributed by atoms with E-state index in [9.17, 15) is 4.79 Å². The smallest absolute Gasteiger partial charge is 0.288 e. The van der Waals surface area contributed by atoms with Crippen molar-refractivity contribution < 1.29 is 4.52 Å². The van der Waals surface area contributed by atoms with E-state index in [1.54, 1.807) is 0 Å². The Balaban J connectivity index is 0.00000156. The van der Waals surface area contributed by atoms with Crippen LogP contribution < -0.4 is 10.9 Å². The Morgan fingerprint density at radius 2 is 1.74 bits per heavy atom. The number of benzene rings is 2. The first-order chi connectivity index (χ1) is 10.8. The van der Waals surface area contributed by atoms with Crippen molar-refractivity contribution in [1.29, 1.82) is 0 Å². The van der Waals surface area contributed by atoms with E-state index in [-0.39, 0.29) is 22.5 Å². The second-order valence-corrected chi connectivity index (χ2v) is 5.86. The molecular formula is C18H19BrN2O2. The van der Waals surface area contributed by atoms with Gasteiger partial charge in [0.1, 0.15) is 5.76 Å². The van der Waals surface area contributed by atoms with Gasteiger partial charge in [0.2, 0.25) is 0 Å². The Labute approximate surface area is 144 Å². The maximum Gasteiger partial charge on any atom is 0.288 e. The molecule has 120 valence electrons. The van der Waals surface area contributed by atoms with Crippen LogP contribution in [0.2, 0.25) is 0 Å². The van der Waals surface area contributed by atoms with Gasteiger partial charge < -0.3 is 9.84 Å². The third kappa shape index (κ3) is 2.99. The number of rotatable bonds is 2. The second-order valence-electron chi connectivity index (χ2n) is 5.86. The van der Waals surface area contributed by atoms with Gasteiger partial charge in [0.15, 0.2) is 0 Å². The molecule has 2 aromatic carbocycles. The van der Waals surface area contributed by atoms with Crippen molar-refractivity contribution in [2.45, 2.75) is 18.8 Å². The molecule has 2 N–H and O–H groups in total. The number of hydrogen-bond donors (Lipinski definition) is 2. The highest BCUT2D eigenvalue weighted by Crippen LogP contribution is 2.33. The zero-order valence-electron chi connectivity index (χ0n) is 12.7. The Morgan fingerprint density at radius 3 is 2.52 bits per heavy atom. The first-order valence-corrected chi connectivity index (χ1v) is 7.74. The molecule has 1 aromatic heterocycles. The lowest BCUT2D eigenvalue weighted by Crippen LogP contribution is -2.26. The van der Waals surface area contributed by atoms with E-state index in [1.165, 1.54) is 5.39 Å². The van der Waals surface area contributed by atoms with Crippen LogP contribution in [0.1, 0.15) is 24.5 Å². The van der Waals surface area contributed by atoms with E-state index >= 15 is 0 Å². The first-order valence-electron chi connectivity index (χ1n) is 7.74. The van der Waals surface area contributed by atoms with Gasteiger partial charge in [-0.05, 0) is 48.3 Å². The predicted molar refractivity (Wildman–Crippen MR) is 97.4 cm³/mol. The van der Waals surface area contributed by atoms with Gasteiger partial charge in [-0.1, -0.05) is 36.4 Å². The summed E-state index contributed by atoms with van der Waals surface area (Å²) in [7, 11) is 0. The summed E-state index contributed by atoms with van der Waals surface area (Å²) < 4.78 is 5.54. The van der Waals surface area contributed by atoms with Crippen LogP contribution in [0.15, 0.2) is 51.8 Å². The zero-order chi connectivity index (χ0) is 14.9. The maximum absolute atomic E-state index is 12.3. The molecule has 0 spiro atoms. The normalized spacial score (nSPS) is 15.5. The van der Waals surface area contributed by atoms with Crippen molar-refractivity contribution in [2.24, 2.45) is 0 Å². The van der Waals surface area contributed by atoms with Crippen LogP contribution >= 0.6 is 17.0 Å². The van der Waals surface area contributed by atoms with Crippen LogP contribution in [0.25, 0.3) is 21.9 Å². The maximum atomic E-state index is 12.3. The molecule has 0 radical (unpaired) electrons. The van der Waals surface area contributed by atoms with Gasteiger partial charge in [-0.3, -0.25) is 4.79 Å². The van der Waals surface area contributed by atoms with E-state index in [1.807, 2.05) is 18.2 Å². The largest absolute Gasteiger partial charge is 0.383 e. The Hall–Kier alpha value is -1.85. The molecule has 0 bridgehead atoms. The molecule has 1 aliphatic heterocycles. The summed E-state index contributed by atoms with van der Waals surface area (Å²) in [6.45, 7) is 1.94. The van der Waals surface area contributed by atoms with Crippen molar-refractivity contribution in [3.8, 4) is 11.1 Å². The predicted octanol–water partition coefficient (Wildman–Crippen LogP) is 3.83. The summed E-state index contributed by atoms with van der Waals surface area (Å²) in [5.41, 5.74) is 1.49. The van der Waals surface area contributed by atoms with E-state index < -0.39 is 0 Å². The fourth-order valence-electron chi connectivity index (χ4n) is 3.31. The van der Waals surface area contributed by atoms with Crippen LogP contribution in [-0.4, -0.2) is 18.2 Å². The third-order valence-electron chi connectivity index (χ3n) is 4.48. The standard InChI is InChI=1S/C18H18N2O2.BrH/c21-18-16(17(22-20-18)13-7-9-19-10-8-13)15-6-5-12-3-1-2-4-14(12)11-15;/h1-6,11,13,19H,7-10H2,(H,20,21);1H. The molecule has 23 heavy (non-hydrogen) atoms. The number of aromatic amines is 1. The fraction of sp³-hybridized carbons (Fsp3) is 0.278. The number of nitrogens with one attached hydrogen (secondary N) is 2. The van der Waals surface area contributed by atoms with Gasteiger partial charge in [-0.2, -0.15) is 5.16 Å². The number of aromatic nitrogens is 1. The summed E-state index contributed by atoms with van der Waals surface area (Å²) in [6.07, 6.45) is 2.00. The quantitative estimate of drug-likeness (QED) is 0.716. The van der Waals surface area contributed by atoms with Crippen LogP contribution in [-0.2, 0) is 0 Å². The molecule has 0 amide bonds. The fourth-order valence-corrected chi connectivity index (χ4v) is 3.31.